The molecule has 4 nitrogen and oxygen atoms in total. The van der Waals surface area contributed by atoms with E-state index in [0.717, 1.165) is 42.8 Å². The van der Waals surface area contributed by atoms with Crippen LogP contribution in [-0.2, 0) is 18.5 Å². The molecule has 0 aliphatic rings. The van der Waals surface area contributed by atoms with Gasteiger partial charge in [0.2, 0.25) is 0 Å². The Hall–Kier alpha value is -5.13. The molecule has 3 heterocycles. The Bertz CT molecular complexity index is 2300. The molecule has 0 bridgehead atoms. The fourth-order valence-corrected chi connectivity index (χ4v) is 7.37. The molecule has 0 aliphatic heterocycles. The van der Waals surface area contributed by atoms with Crippen molar-refractivity contribution >= 4 is 48.7 Å². The van der Waals surface area contributed by atoms with Crippen molar-refractivity contribution in [2.45, 2.75) is 25.4 Å². The number of para-hydroxylation sites is 2. The van der Waals surface area contributed by atoms with E-state index in [1.54, 1.807) is 0 Å². The Kier molecular flexibility index (Phi) is 6.99. The normalized spacial score (nSPS) is 12.0. The molecule has 5 aromatic carbocycles. The van der Waals surface area contributed by atoms with Crippen LogP contribution < -0.4 is 5.63 Å². The second-order valence-electron chi connectivity index (χ2n) is 12.1. The van der Waals surface area contributed by atoms with Crippen molar-refractivity contribution in [1.82, 2.24) is 9.13 Å². The summed E-state index contributed by atoms with van der Waals surface area (Å²) in [5.41, 5.74) is 6.75. The second-order valence-corrected chi connectivity index (χ2v) is 13.0. The van der Waals surface area contributed by atoms with Gasteiger partial charge in [0, 0.05) is 57.1 Å². The van der Waals surface area contributed by atoms with E-state index in [1.807, 2.05) is 36.4 Å². The lowest BCUT2D eigenvalue weighted by atomic mass is 9.71. The maximum atomic E-state index is 14.2. The quantitative estimate of drug-likeness (QED) is 0.159. The topological polar surface area (TPSA) is 40.1 Å². The molecule has 0 radical (unpaired) electrons. The van der Waals surface area contributed by atoms with Gasteiger partial charge in [-0.25, -0.2) is 4.79 Å². The fourth-order valence-electron chi connectivity index (χ4n) is 6.99. The molecule has 0 aliphatic carbocycles. The van der Waals surface area contributed by atoms with Crippen molar-refractivity contribution in [2.75, 3.05) is 0 Å². The van der Waals surface area contributed by atoms with Gasteiger partial charge >= 0.3 is 5.63 Å². The SMILES string of the molecule is CC(c1cc2cc(Br)ccc2oc1=O)(c1cn(Cc2ccccc2)c2ccccc12)c1cn(Cc2ccccc2)c2ccccc12. The summed E-state index contributed by atoms with van der Waals surface area (Å²) in [7, 11) is 0. The number of fused-ring (bicyclic) bond motifs is 3. The van der Waals surface area contributed by atoms with Crippen molar-refractivity contribution in [1.29, 1.82) is 0 Å². The Morgan fingerprint density at radius 2 is 1.11 bits per heavy atom. The minimum absolute atomic E-state index is 0.336. The second kappa shape index (κ2) is 11.3. The molecule has 0 fully saturated rings. The van der Waals surface area contributed by atoms with E-state index >= 15 is 0 Å². The molecule has 0 amide bonds. The summed E-state index contributed by atoms with van der Waals surface area (Å²) in [4.78, 5) is 14.2. The molecule has 3 aromatic heterocycles. The average molecular weight is 664 g/mol. The molecule has 0 saturated heterocycles. The largest absolute Gasteiger partial charge is 0.422 e. The van der Waals surface area contributed by atoms with Gasteiger partial charge in [0.15, 0.2) is 0 Å². The van der Waals surface area contributed by atoms with E-state index in [4.69, 9.17) is 4.42 Å². The molecule has 0 N–H and O–H groups in total. The Morgan fingerprint density at radius 3 is 1.65 bits per heavy atom. The third-order valence-corrected chi connectivity index (χ3v) is 9.77. The first-order valence-electron chi connectivity index (χ1n) is 15.5. The number of aromatic nitrogens is 2. The Morgan fingerprint density at radius 1 is 0.609 bits per heavy atom. The number of hydrogen-bond donors (Lipinski definition) is 0. The highest BCUT2D eigenvalue weighted by Gasteiger charge is 2.39. The van der Waals surface area contributed by atoms with Gasteiger partial charge in [0.05, 0.1) is 11.0 Å². The summed E-state index contributed by atoms with van der Waals surface area (Å²) in [6.07, 6.45) is 4.48. The van der Waals surface area contributed by atoms with Crippen LogP contribution in [0.5, 0.6) is 0 Å². The van der Waals surface area contributed by atoms with Crippen LogP contribution in [0.1, 0.15) is 34.7 Å². The molecule has 8 rings (SSSR count). The van der Waals surface area contributed by atoms with Crippen LogP contribution >= 0.6 is 15.9 Å². The van der Waals surface area contributed by atoms with Crippen molar-refractivity contribution < 1.29 is 4.42 Å². The number of hydrogen-bond acceptors (Lipinski definition) is 2. The molecular weight excluding hydrogens is 632 g/mol. The molecule has 5 heteroatoms. The van der Waals surface area contributed by atoms with Crippen LogP contribution in [0.25, 0.3) is 32.8 Å². The lowest BCUT2D eigenvalue weighted by Gasteiger charge is -2.29. The van der Waals surface area contributed by atoms with E-state index in [1.165, 1.54) is 11.1 Å². The molecule has 0 spiro atoms. The summed E-state index contributed by atoms with van der Waals surface area (Å²) in [5.74, 6) is 0. The first-order valence-corrected chi connectivity index (χ1v) is 16.3. The summed E-state index contributed by atoms with van der Waals surface area (Å²) in [6, 6.07) is 45.8. The highest BCUT2D eigenvalue weighted by Crippen LogP contribution is 2.45. The van der Waals surface area contributed by atoms with Gasteiger partial charge in [-0.15, -0.1) is 0 Å². The lowest BCUT2D eigenvalue weighted by Crippen LogP contribution is -2.31. The van der Waals surface area contributed by atoms with Gasteiger partial charge in [-0.2, -0.15) is 0 Å². The first kappa shape index (κ1) is 28.4. The third-order valence-electron chi connectivity index (χ3n) is 9.28. The smallest absolute Gasteiger partial charge is 0.340 e. The summed E-state index contributed by atoms with van der Waals surface area (Å²) < 4.78 is 11.6. The van der Waals surface area contributed by atoms with E-state index in [9.17, 15) is 4.79 Å². The van der Waals surface area contributed by atoms with Crippen molar-refractivity contribution in [3.63, 3.8) is 0 Å². The van der Waals surface area contributed by atoms with Crippen molar-refractivity contribution in [3.8, 4) is 0 Å². The summed E-state index contributed by atoms with van der Waals surface area (Å²) >= 11 is 3.62. The van der Waals surface area contributed by atoms with Gasteiger partial charge in [0.1, 0.15) is 5.58 Å². The van der Waals surface area contributed by atoms with Crippen LogP contribution in [0.4, 0.5) is 0 Å². The van der Waals surface area contributed by atoms with Crippen molar-refractivity contribution in [3.05, 3.63) is 189 Å². The summed E-state index contributed by atoms with van der Waals surface area (Å²) in [6.45, 7) is 3.62. The maximum Gasteiger partial charge on any atom is 0.340 e. The van der Waals surface area contributed by atoms with Gasteiger partial charge in [0.25, 0.3) is 0 Å². The zero-order chi connectivity index (χ0) is 31.3. The van der Waals surface area contributed by atoms with Crippen molar-refractivity contribution in [2.24, 2.45) is 0 Å². The van der Waals surface area contributed by atoms with Crippen LogP contribution in [0.2, 0.25) is 0 Å². The predicted octanol–water partition coefficient (Wildman–Crippen LogP) is 9.92. The molecule has 0 atom stereocenters. The predicted molar refractivity (Wildman–Crippen MR) is 191 cm³/mol. The molecule has 8 aromatic rings. The molecule has 0 unspecified atom stereocenters. The minimum atomic E-state index is -0.861. The zero-order valence-corrected chi connectivity index (χ0v) is 26.9. The Labute approximate surface area is 275 Å². The van der Waals surface area contributed by atoms with Gasteiger partial charge in [-0.05, 0) is 65.6 Å². The van der Waals surface area contributed by atoms with E-state index in [2.05, 4.69) is 141 Å². The van der Waals surface area contributed by atoms with Crippen LogP contribution in [0, 0.1) is 0 Å². The van der Waals surface area contributed by atoms with Crippen LogP contribution in [-0.4, -0.2) is 9.13 Å². The zero-order valence-electron chi connectivity index (χ0n) is 25.4. The monoisotopic (exact) mass is 662 g/mol. The van der Waals surface area contributed by atoms with Gasteiger partial charge in [-0.3, -0.25) is 0 Å². The number of halogens is 1. The highest BCUT2D eigenvalue weighted by atomic mass is 79.9. The summed E-state index contributed by atoms with van der Waals surface area (Å²) in [5, 5.41) is 3.08. The highest BCUT2D eigenvalue weighted by molar-refractivity contribution is 9.10. The van der Waals surface area contributed by atoms with E-state index in [0.29, 0.717) is 24.2 Å². The number of rotatable bonds is 7. The third kappa shape index (κ3) is 4.79. The van der Waals surface area contributed by atoms with Crippen LogP contribution in [0.15, 0.2) is 160 Å². The van der Waals surface area contributed by atoms with Gasteiger partial charge in [-0.1, -0.05) is 113 Å². The maximum absolute atomic E-state index is 14.2. The van der Waals surface area contributed by atoms with E-state index < -0.39 is 5.41 Å². The van der Waals surface area contributed by atoms with Crippen LogP contribution in [0.3, 0.4) is 0 Å². The molecular formula is C41H31BrN2O2. The number of benzene rings is 5. The van der Waals surface area contributed by atoms with Gasteiger partial charge < -0.3 is 13.6 Å². The minimum Gasteiger partial charge on any atom is -0.422 e. The Balaban J connectivity index is 1.44. The molecule has 224 valence electrons. The molecule has 0 saturated carbocycles. The average Bonchev–Trinajstić information content (AvgIpc) is 3.64. The fraction of sp³-hybridized carbons (Fsp3) is 0.0976. The number of nitrogens with zero attached hydrogens (tertiary/aromatic N) is 2. The standard InChI is InChI=1S/C41H31BrN2O2/c1-41(34-23-30-22-31(42)20-21-39(30)46-40(34)45,35-26-43(24-28-12-4-2-5-13-28)37-18-10-8-16-32(35)37)36-27-44(25-29-14-6-3-7-15-29)38-19-11-9-17-33(36)38/h2-23,26-27H,24-25H2,1H3. The molecule has 46 heavy (non-hydrogen) atoms. The van der Waals surface area contributed by atoms with E-state index in [-0.39, 0.29) is 5.63 Å². The first-order chi connectivity index (χ1) is 22.5. The lowest BCUT2D eigenvalue weighted by molar-refractivity contribution is 0.529.